The third-order valence-corrected chi connectivity index (χ3v) is 4.78. The molecule has 0 aromatic rings. The van der Waals surface area contributed by atoms with Gasteiger partial charge in [-0.3, -0.25) is 9.59 Å². The Bertz CT molecular complexity index is 362. The zero-order chi connectivity index (χ0) is 14.6. The predicted octanol–water partition coefficient (Wildman–Crippen LogP) is 1.58. The van der Waals surface area contributed by atoms with Crippen molar-refractivity contribution in [3.63, 3.8) is 0 Å². The molecule has 0 unspecified atom stereocenters. The van der Waals surface area contributed by atoms with Crippen molar-refractivity contribution in [2.75, 3.05) is 33.2 Å². The summed E-state index contributed by atoms with van der Waals surface area (Å²) in [5.74, 6) is -1.05. The quantitative estimate of drug-likeness (QED) is 0.617. The van der Waals surface area contributed by atoms with Crippen molar-refractivity contribution in [1.82, 2.24) is 9.80 Å². The maximum Gasteiger partial charge on any atom is 0.319 e. The number of carboxylic acid groups (broad SMARTS) is 1. The maximum atomic E-state index is 12.9. The Kier molecular flexibility index (Phi) is 5.02. The van der Waals surface area contributed by atoms with E-state index in [-0.39, 0.29) is 5.91 Å². The molecule has 0 bridgehead atoms. The second-order valence-corrected chi connectivity index (χ2v) is 6.25. The summed E-state index contributed by atoms with van der Waals surface area (Å²) in [6, 6.07) is 0. The van der Waals surface area contributed by atoms with Crippen LogP contribution in [0.4, 0.5) is 0 Å². The lowest BCUT2D eigenvalue weighted by Gasteiger charge is -2.33. The van der Waals surface area contributed by atoms with Crippen LogP contribution in [0.5, 0.6) is 0 Å². The average Bonchev–Trinajstić information content (AvgIpc) is 2.78. The van der Waals surface area contributed by atoms with Crippen LogP contribution >= 0.6 is 0 Å². The molecule has 5 heteroatoms. The Labute approximate surface area is 120 Å². The fraction of sp³-hybridized carbons (Fsp3) is 0.867. The zero-order valence-electron chi connectivity index (χ0n) is 12.4. The van der Waals surface area contributed by atoms with E-state index in [4.69, 9.17) is 0 Å². The number of carbonyl (C=O) groups is 2. The van der Waals surface area contributed by atoms with Crippen molar-refractivity contribution < 1.29 is 14.7 Å². The number of rotatable bonds is 2. The number of nitrogens with zero attached hydrogens (tertiary/aromatic N) is 2. The van der Waals surface area contributed by atoms with Gasteiger partial charge < -0.3 is 14.9 Å². The third-order valence-electron chi connectivity index (χ3n) is 4.78. The predicted molar refractivity (Wildman–Crippen MR) is 76.5 cm³/mol. The molecule has 20 heavy (non-hydrogen) atoms. The Morgan fingerprint density at radius 2 is 1.55 bits per heavy atom. The molecular formula is C15H26N2O3. The van der Waals surface area contributed by atoms with E-state index in [9.17, 15) is 14.7 Å². The van der Waals surface area contributed by atoms with Gasteiger partial charge in [-0.2, -0.15) is 0 Å². The molecule has 1 amide bonds. The summed E-state index contributed by atoms with van der Waals surface area (Å²) in [6.45, 7) is 3.16. The lowest BCUT2D eigenvalue weighted by atomic mass is 9.79. The summed E-state index contributed by atoms with van der Waals surface area (Å²) in [5, 5.41) is 9.68. The van der Waals surface area contributed by atoms with E-state index in [1.807, 2.05) is 7.05 Å². The van der Waals surface area contributed by atoms with Gasteiger partial charge in [-0.25, -0.2) is 0 Å². The summed E-state index contributed by atoms with van der Waals surface area (Å²) in [7, 11) is 2.05. The van der Waals surface area contributed by atoms with Gasteiger partial charge in [-0.05, 0) is 32.9 Å². The van der Waals surface area contributed by atoms with E-state index in [0.717, 1.165) is 45.2 Å². The normalized spacial score (nSPS) is 24.8. The Balaban J connectivity index is 2.15. The Hall–Kier alpha value is -1.10. The first-order valence-electron chi connectivity index (χ1n) is 7.77. The van der Waals surface area contributed by atoms with Crippen LogP contribution in [-0.4, -0.2) is 60.0 Å². The second-order valence-electron chi connectivity index (χ2n) is 6.25. The molecule has 1 aliphatic carbocycles. The summed E-state index contributed by atoms with van der Waals surface area (Å²) < 4.78 is 0. The number of hydrogen-bond donors (Lipinski definition) is 1. The number of likely N-dealkylation sites (N-methyl/N-ethyl adjacent to an activating group) is 1. The van der Waals surface area contributed by atoms with Crippen molar-refractivity contribution in [3.05, 3.63) is 0 Å². The minimum Gasteiger partial charge on any atom is -0.480 e. The summed E-state index contributed by atoms with van der Waals surface area (Å²) in [6.07, 6.45) is 5.74. The summed E-state index contributed by atoms with van der Waals surface area (Å²) in [5.41, 5.74) is -1.15. The molecule has 0 aromatic heterocycles. The van der Waals surface area contributed by atoms with E-state index in [1.165, 1.54) is 0 Å². The standard InChI is InChI=1S/C15H26N2O3/c1-16-9-6-10-17(12-11-16)13(18)15(14(19)20)7-4-2-3-5-8-15/h2-12H2,1H3,(H,19,20). The number of carbonyl (C=O) groups excluding carboxylic acids is 1. The van der Waals surface area contributed by atoms with E-state index in [1.54, 1.807) is 4.90 Å². The number of carboxylic acids is 1. The molecule has 1 N–H and O–H groups in total. The molecule has 0 spiro atoms. The van der Waals surface area contributed by atoms with Crippen molar-refractivity contribution in [2.45, 2.75) is 44.9 Å². The number of hydrogen-bond acceptors (Lipinski definition) is 3. The molecule has 2 rings (SSSR count). The summed E-state index contributed by atoms with van der Waals surface area (Å²) >= 11 is 0. The monoisotopic (exact) mass is 282 g/mol. The minimum atomic E-state index is -1.15. The van der Waals surface area contributed by atoms with E-state index in [0.29, 0.717) is 25.9 Å². The highest BCUT2D eigenvalue weighted by molar-refractivity contribution is 6.02. The average molecular weight is 282 g/mol. The largest absolute Gasteiger partial charge is 0.480 e. The van der Waals surface area contributed by atoms with E-state index in [2.05, 4.69) is 4.90 Å². The number of aliphatic carboxylic acids is 1. The number of amides is 1. The molecule has 1 heterocycles. The van der Waals surface area contributed by atoms with Crippen molar-refractivity contribution in [3.8, 4) is 0 Å². The van der Waals surface area contributed by atoms with Crippen LogP contribution < -0.4 is 0 Å². The van der Waals surface area contributed by atoms with Crippen molar-refractivity contribution >= 4 is 11.9 Å². The minimum absolute atomic E-state index is 0.137. The van der Waals surface area contributed by atoms with Gasteiger partial charge in [0, 0.05) is 19.6 Å². The zero-order valence-corrected chi connectivity index (χ0v) is 12.4. The lowest BCUT2D eigenvalue weighted by molar-refractivity contribution is -0.162. The third kappa shape index (κ3) is 3.14. The van der Waals surface area contributed by atoms with Crippen LogP contribution in [0.25, 0.3) is 0 Å². The first-order chi connectivity index (χ1) is 9.56. The molecule has 0 radical (unpaired) electrons. The molecule has 1 aliphatic heterocycles. The smallest absolute Gasteiger partial charge is 0.319 e. The molecule has 1 saturated carbocycles. The van der Waals surface area contributed by atoms with Gasteiger partial charge in [0.1, 0.15) is 5.41 Å². The van der Waals surface area contributed by atoms with Crippen LogP contribution in [0, 0.1) is 5.41 Å². The molecule has 1 saturated heterocycles. The highest BCUT2D eigenvalue weighted by atomic mass is 16.4. The van der Waals surface area contributed by atoms with Crippen LogP contribution in [0.3, 0.4) is 0 Å². The lowest BCUT2D eigenvalue weighted by Crippen LogP contribution is -2.49. The van der Waals surface area contributed by atoms with Gasteiger partial charge in [-0.1, -0.05) is 25.7 Å². The highest BCUT2D eigenvalue weighted by Crippen LogP contribution is 2.37. The molecule has 5 nitrogen and oxygen atoms in total. The van der Waals surface area contributed by atoms with Gasteiger partial charge in [0.2, 0.25) is 5.91 Å². The van der Waals surface area contributed by atoms with Gasteiger partial charge >= 0.3 is 5.97 Å². The molecule has 2 aliphatic rings. The van der Waals surface area contributed by atoms with Crippen LogP contribution in [0.15, 0.2) is 0 Å². The molecule has 0 aromatic carbocycles. The maximum absolute atomic E-state index is 12.9. The highest BCUT2D eigenvalue weighted by Gasteiger charge is 2.47. The first kappa shape index (κ1) is 15.3. The van der Waals surface area contributed by atoms with E-state index >= 15 is 0 Å². The Morgan fingerprint density at radius 1 is 0.900 bits per heavy atom. The fourth-order valence-electron chi connectivity index (χ4n) is 3.40. The van der Waals surface area contributed by atoms with Gasteiger partial charge in [-0.15, -0.1) is 0 Å². The molecule has 0 atom stereocenters. The van der Waals surface area contributed by atoms with E-state index < -0.39 is 11.4 Å². The first-order valence-corrected chi connectivity index (χ1v) is 7.77. The SMILES string of the molecule is CN1CCCN(C(=O)C2(C(=O)O)CCCCCC2)CC1. The van der Waals surface area contributed by atoms with Crippen LogP contribution in [-0.2, 0) is 9.59 Å². The van der Waals surface area contributed by atoms with Crippen molar-refractivity contribution in [1.29, 1.82) is 0 Å². The van der Waals surface area contributed by atoms with Gasteiger partial charge in [0.25, 0.3) is 0 Å². The summed E-state index contributed by atoms with van der Waals surface area (Å²) in [4.78, 5) is 28.7. The van der Waals surface area contributed by atoms with Crippen molar-refractivity contribution in [2.24, 2.45) is 5.41 Å². The topological polar surface area (TPSA) is 60.9 Å². The van der Waals surface area contributed by atoms with Crippen LogP contribution in [0.1, 0.15) is 44.9 Å². The molecule has 114 valence electrons. The Morgan fingerprint density at radius 3 is 2.15 bits per heavy atom. The van der Waals surface area contributed by atoms with Gasteiger partial charge in [0.15, 0.2) is 0 Å². The van der Waals surface area contributed by atoms with Crippen LogP contribution in [0.2, 0.25) is 0 Å². The fourth-order valence-corrected chi connectivity index (χ4v) is 3.40. The molecular weight excluding hydrogens is 256 g/mol. The second kappa shape index (κ2) is 6.57. The molecule has 2 fully saturated rings. The van der Waals surface area contributed by atoms with Gasteiger partial charge in [0.05, 0.1) is 0 Å².